The molecule has 12 bridgehead atoms. The van der Waals surface area contributed by atoms with Gasteiger partial charge in [0.1, 0.15) is 12.2 Å². The van der Waals surface area contributed by atoms with Gasteiger partial charge in [-0.1, -0.05) is 17.8 Å². The number of benzene rings is 1. The van der Waals surface area contributed by atoms with E-state index in [0.29, 0.717) is 74.4 Å². The molecule has 56 heavy (non-hydrogen) atoms. The molecule has 8 aliphatic rings. The summed E-state index contributed by atoms with van der Waals surface area (Å²) in [6.45, 7) is 5.73. The molecule has 0 radical (unpaired) electrons. The molecule has 0 saturated carbocycles. The lowest BCUT2D eigenvalue weighted by molar-refractivity contribution is -0.152. The van der Waals surface area contributed by atoms with Crippen LogP contribution in [0.3, 0.4) is 0 Å². The van der Waals surface area contributed by atoms with E-state index in [1.165, 1.54) is 6.92 Å². The van der Waals surface area contributed by atoms with Crippen LogP contribution in [-0.4, -0.2) is 125 Å². The number of phenols is 1. The Morgan fingerprint density at radius 3 is 2.82 bits per heavy atom. The van der Waals surface area contributed by atoms with Gasteiger partial charge in [0.25, 0.3) is 0 Å². The smallest absolute Gasteiger partial charge is 0.302 e. The van der Waals surface area contributed by atoms with Crippen molar-refractivity contribution in [1.29, 1.82) is 0 Å². The lowest BCUT2D eigenvalue weighted by Gasteiger charge is -2.51. The minimum atomic E-state index is -0.992. The van der Waals surface area contributed by atoms with Crippen LogP contribution in [0, 0.1) is 58.7 Å². The van der Waals surface area contributed by atoms with Crippen molar-refractivity contribution in [3.63, 3.8) is 0 Å². The Hall–Kier alpha value is -3.56. The summed E-state index contributed by atoms with van der Waals surface area (Å²) in [6, 6.07) is 3.66. The van der Waals surface area contributed by atoms with E-state index in [-0.39, 0.29) is 55.3 Å². The van der Waals surface area contributed by atoms with Gasteiger partial charge in [-0.3, -0.25) is 14.6 Å². The summed E-state index contributed by atoms with van der Waals surface area (Å²) in [5, 5.41) is 53.2. The van der Waals surface area contributed by atoms with Gasteiger partial charge in [-0.25, -0.2) is 4.99 Å². The SMILES string of the molecule is CC(=O)OC1CC(O)CCC23C#CC4CC(C#CCC5C6CC(CN(CN=C(N)NC2)C6)CN5CC3O)CC2CC(CCN2)Oc2cc(c(CO)cc2O)CC41. The van der Waals surface area contributed by atoms with Gasteiger partial charge in [0.15, 0.2) is 17.5 Å². The summed E-state index contributed by atoms with van der Waals surface area (Å²) in [7, 11) is 0. The minimum absolute atomic E-state index is 0.0302. The highest BCUT2D eigenvalue weighted by atomic mass is 16.5. The van der Waals surface area contributed by atoms with Crippen molar-refractivity contribution >= 4 is 11.9 Å². The molecule has 13 nitrogen and oxygen atoms in total. The number of carbonyl (C=O) groups excluding carboxylic acids is 1. The third kappa shape index (κ3) is 8.64. The van der Waals surface area contributed by atoms with Gasteiger partial charge >= 0.3 is 5.97 Å². The number of carbonyl (C=O) groups is 1. The number of phenolic OH excluding ortho intramolecular Hbond substituents is 1. The highest BCUT2D eigenvalue weighted by Gasteiger charge is 2.46. The van der Waals surface area contributed by atoms with Gasteiger partial charge < -0.3 is 46.3 Å². The number of hydrogen-bond donors (Lipinski definition) is 7. The number of ether oxygens (including phenoxy) is 2. The Kier molecular flexibility index (Phi) is 11.7. The third-order valence-corrected chi connectivity index (χ3v) is 13.8. The zero-order valence-corrected chi connectivity index (χ0v) is 32.7. The second-order valence-corrected chi connectivity index (χ2v) is 17.8. The topological polar surface area (TPSA) is 185 Å². The zero-order chi connectivity index (χ0) is 39.0. The number of nitrogens with zero attached hydrogens (tertiary/aromatic N) is 3. The van der Waals surface area contributed by atoms with Crippen LogP contribution in [0.5, 0.6) is 11.5 Å². The van der Waals surface area contributed by atoms with Gasteiger partial charge in [-0.2, -0.15) is 0 Å². The number of aliphatic imine (C=N–C) groups is 1. The van der Waals surface area contributed by atoms with Crippen molar-refractivity contribution in [2.45, 2.75) is 114 Å². The highest BCUT2D eigenvalue weighted by molar-refractivity contribution is 5.77. The van der Waals surface area contributed by atoms with Gasteiger partial charge in [-0.15, -0.1) is 5.92 Å². The third-order valence-electron chi connectivity index (χ3n) is 13.8. The maximum atomic E-state index is 12.8. The van der Waals surface area contributed by atoms with Crippen LogP contribution in [0.1, 0.15) is 75.8 Å². The van der Waals surface area contributed by atoms with E-state index in [1.807, 2.05) is 6.07 Å². The van der Waals surface area contributed by atoms with Crippen LogP contribution in [0.2, 0.25) is 0 Å². The van der Waals surface area contributed by atoms with Crippen molar-refractivity contribution in [2.75, 3.05) is 45.9 Å². The van der Waals surface area contributed by atoms with E-state index in [9.17, 15) is 25.2 Å². The molecule has 1 aromatic rings. The van der Waals surface area contributed by atoms with Crippen LogP contribution in [0.4, 0.5) is 0 Å². The molecule has 14 atom stereocenters. The lowest BCUT2D eigenvalue weighted by atomic mass is 9.71. The molecule has 9 rings (SSSR count). The number of nitrogens with two attached hydrogens (primary N) is 1. The van der Waals surface area contributed by atoms with Crippen LogP contribution < -0.4 is 21.1 Å². The predicted octanol–water partition coefficient (Wildman–Crippen LogP) is 1.30. The van der Waals surface area contributed by atoms with Gasteiger partial charge in [-0.05, 0) is 93.0 Å². The van der Waals surface area contributed by atoms with Gasteiger partial charge in [0.05, 0.1) is 30.9 Å². The van der Waals surface area contributed by atoms with Gasteiger partial charge in [0.2, 0.25) is 0 Å². The van der Waals surface area contributed by atoms with Crippen molar-refractivity contribution in [2.24, 2.45) is 45.7 Å². The second-order valence-electron chi connectivity index (χ2n) is 17.8. The quantitative estimate of drug-likeness (QED) is 0.169. The first-order valence-corrected chi connectivity index (χ1v) is 20.9. The van der Waals surface area contributed by atoms with Crippen molar-refractivity contribution < 1.29 is 34.7 Å². The number of nitrogens with one attached hydrogen (secondary N) is 2. The first-order valence-electron chi connectivity index (χ1n) is 20.9. The summed E-state index contributed by atoms with van der Waals surface area (Å²) in [5.41, 5.74) is 6.84. The van der Waals surface area contributed by atoms with E-state index in [4.69, 9.17) is 20.2 Å². The van der Waals surface area contributed by atoms with E-state index in [2.05, 4.69) is 44.1 Å². The Bertz CT molecular complexity index is 1770. The zero-order valence-electron chi connectivity index (χ0n) is 32.7. The van der Waals surface area contributed by atoms with E-state index >= 15 is 0 Å². The van der Waals surface area contributed by atoms with E-state index in [0.717, 1.165) is 57.4 Å². The average Bonchev–Trinajstić information content (AvgIpc) is 3.17. The summed E-state index contributed by atoms with van der Waals surface area (Å²) < 4.78 is 12.7. The molecule has 0 amide bonds. The number of aliphatic hydroxyl groups excluding tert-OH is 3. The molecule has 304 valence electrons. The number of rotatable bonds is 2. The fourth-order valence-corrected chi connectivity index (χ4v) is 11.0. The van der Waals surface area contributed by atoms with E-state index < -0.39 is 35.6 Å². The summed E-state index contributed by atoms with van der Waals surface area (Å²) in [5.74, 6) is 15.0. The Morgan fingerprint density at radius 1 is 1.11 bits per heavy atom. The molecule has 0 aromatic heterocycles. The molecule has 7 heterocycles. The molecule has 3 fully saturated rings. The van der Waals surface area contributed by atoms with Crippen LogP contribution in [0.25, 0.3) is 0 Å². The number of esters is 1. The molecular weight excluding hydrogens is 713 g/mol. The monoisotopic (exact) mass is 772 g/mol. The minimum Gasteiger partial charge on any atom is -0.504 e. The van der Waals surface area contributed by atoms with E-state index in [1.54, 1.807) is 6.07 Å². The number of hydrogen-bond acceptors (Lipinski definition) is 13. The predicted molar refractivity (Wildman–Crippen MR) is 210 cm³/mol. The molecule has 14 unspecified atom stereocenters. The summed E-state index contributed by atoms with van der Waals surface area (Å²) in [6.07, 6.45) is 3.37. The van der Waals surface area contributed by atoms with Crippen molar-refractivity contribution in [3.05, 3.63) is 23.3 Å². The largest absolute Gasteiger partial charge is 0.504 e. The second kappa shape index (κ2) is 16.7. The standard InChI is InChI=1S/C43H60N6O7/c1-26(51)55-39-18-34(52)6-9-43-8-5-29-11-27(13-33-17-35(7-10-45-33)56-40-16-30(14-36(29)39)32(23-50)15-38(40)53)3-2-4-37-31-12-28(20-49(37)22-41(43)54)19-48(21-31)25-47-42(44)46-24-43/h15-16,27-29,31,33-37,39,41,45,50,52-54H,4,6-7,9-14,17-25H2,1H3,(H3,44,46,47). The molecule has 1 spiro atoms. The fraction of sp³-hybridized carbons (Fsp3) is 0.721. The highest BCUT2D eigenvalue weighted by Crippen LogP contribution is 2.42. The van der Waals surface area contributed by atoms with Crippen LogP contribution >= 0.6 is 0 Å². The Morgan fingerprint density at radius 2 is 1.98 bits per heavy atom. The fourth-order valence-electron chi connectivity index (χ4n) is 11.0. The maximum absolute atomic E-state index is 12.8. The average molecular weight is 773 g/mol. The van der Waals surface area contributed by atoms with Gasteiger partial charge in [0, 0.05) is 82.3 Å². The van der Waals surface area contributed by atoms with Crippen molar-refractivity contribution in [1.82, 2.24) is 20.4 Å². The molecule has 1 aromatic carbocycles. The normalized spacial score (nSPS) is 40.9. The first-order chi connectivity index (χ1) is 27.0. The number of piperidine rings is 3. The Labute approximate surface area is 330 Å². The lowest BCUT2D eigenvalue weighted by Crippen LogP contribution is -2.60. The van der Waals surface area contributed by atoms with Crippen LogP contribution in [-0.2, 0) is 22.6 Å². The van der Waals surface area contributed by atoms with Crippen LogP contribution in [0.15, 0.2) is 17.1 Å². The molecule has 7 aliphatic heterocycles. The molecule has 3 saturated heterocycles. The number of guanidine groups is 1. The maximum Gasteiger partial charge on any atom is 0.302 e. The first kappa shape index (κ1) is 39.3. The molecule has 13 heteroatoms. The summed E-state index contributed by atoms with van der Waals surface area (Å²) >= 11 is 0. The summed E-state index contributed by atoms with van der Waals surface area (Å²) in [4.78, 5) is 22.5. The molecule has 1 aliphatic carbocycles. The number of fused-ring (bicyclic) bond motifs is 8. The Balaban J connectivity index is 1.32. The number of aliphatic hydroxyl groups is 3. The number of aromatic hydroxyl groups is 1. The molecule has 8 N–H and O–H groups in total. The van der Waals surface area contributed by atoms with Crippen molar-refractivity contribution in [3.8, 4) is 35.2 Å². The molecular formula is C43H60N6O7.